The highest BCUT2D eigenvalue weighted by molar-refractivity contribution is 5.86. The summed E-state index contributed by atoms with van der Waals surface area (Å²) in [4.78, 5) is 32.3. The second kappa shape index (κ2) is 11.8. The van der Waals surface area contributed by atoms with Crippen molar-refractivity contribution in [3.63, 3.8) is 0 Å². The smallest absolute Gasteiger partial charge is 0.408 e. The van der Waals surface area contributed by atoms with E-state index in [1.54, 1.807) is 20.8 Å². The Morgan fingerprint density at radius 1 is 1.20 bits per heavy atom. The molecule has 0 saturated carbocycles. The predicted molar refractivity (Wildman–Crippen MR) is 137 cm³/mol. The van der Waals surface area contributed by atoms with E-state index in [1.165, 1.54) is 0 Å². The number of ether oxygens (including phenoxy) is 1. The molecule has 1 saturated heterocycles. The topological polar surface area (TPSA) is 104 Å². The molecule has 8 heteroatoms. The number of hydrogen-bond donors (Lipinski definition) is 3. The normalized spacial score (nSPS) is 20.3. The lowest BCUT2D eigenvalue weighted by Crippen LogP contribution is -2.54. The Kier molecular flexibility index (Phi) is 9.08. The van der Waals surface area contributed by atoms with Gasteiger partial charge < -0.3 is 20.5 Å². The molecule has 0 bridgehead atoms. The average Bonchev–Trinajstić information content (AvgIpc) is 2.92. The van der Waals surface area contributed by atoms with Crippen LogP contribution in [-0.2, 0) is 16.1 Å². The van der Waals surface area contributed by atoms with Crippen molar-refractivity contribution in [2.75, 3.05) is 13.1 Å². The lowest BCUT2D eigenvalue weighted by atomic mass is 10.0. The van der Waals surface area contributed by atoms with Crippen LogP contribution in [0.25, 0.3) is 10.9 Å². The number of pyridine rings is 1. The Morgan fingerprint density at radius 2 is 1.94 bits per heavy atom. The van der Waals surface area contributed by atoms with Crippen molar-refractivity contribution in [1.29, 1.82) is 0 Å². The summed E-state index contributed by atoms with van der Waals surface area (Å²) in [5.74, 6) is -0.0945. The molecule has 2 amide bonds. The number of hydrogen-bond acceptors (Lipinski definition) is 6. The van der Waals surface area contributed by atoms with E-state index in [2.05, 4.69) is 21.6 Å². The minimum absolute atomic E-state index is 0.199. The fraction of sp³-hybridized carbons (Fsp3) is 0.593. The number of nitrogens with zero attached hydrogens (tertiary/aromatic N) is 2. The van der Waals surface area contributed by atoms with Crippen molar-refractivity contribution in [2.45, 2.75) is 84.2 Å². The Morgan fingerprint density at radius 3 is 2.66 bits per heavy atom. The highest BCUT2D eigenvalue weighted by atomic mass is 16.6. The van der Waals surface area contributed by atoms with E-state index in [9.17, 15) is 14.7 Å². The maximum Gasteiger partial charge on any atom is 0.408 e. The molecule has 2 unspecified atom stereocenters. The van der Waals surface area contributed by atoms with Gasteiger partial charge in [-0.3, -0.25) is 14.7 Å². The molecule has 1 fully saturated rings. The lowest BCUT2D eigenvalue weighted by molar-refractivity contribution is -0.125. The number of para-hydroxylation sites is 1. The van der Waals surface area contributed by atoms with Crippen LogP contribution in [0.1, 0.15) is 59.6 Å². The fourth-order valence-electron chi connectivity index (χ4n) is 4.38. The van der Waals surface area contributed by atoms with Crippen molar-refractivity contribution in [3.8, 4) is 0 Å². The number of β-amino-alcohol motifs (C(OH)–C–C–N with tert-alkyl or cyclic N) is 1. The number of aliphatic hydroxyl groups excluding tert-OH is 1. The number of rotatable bonds is 7. The van der Waals surface area contributed by atoms with Crippen LogP contribution in [0.5, 0.6) is 0 Å². The molecule has 8 nitrogen and oxygen atoms in total. The number of nitrogens with one attached hydrogen (secondary N) is 2. The van der Waals surface area contributed by atoms with Crippen LogP contribution in [0.2, 0.25) is 0 Å². The van der Waals surface area contributed by atoms with Crippen molar-refractivity contribution < 1.29 is 19.4 Å². The molecule has 3 rings (SSSR count). The molecule has 1 aliphatic rings. The maximum absolute atomic E-state index is 13.1. The summed E-state index contributed by atoms with van der Waals surface area (Å²) in [5.41, 5.74) is 1.26. The molecular formula is C27H40N4O4. The largest absolute Gasteiger partial charge is 0.444 e. The van der Waals surface area contributed by atoms with Gasteiger partial charge in [0.25, 0.3) is 0 Å². The number of alkyl carbamates (subject to hydrolysis) is 1. The van der Waals surface area contributed by atoms with Gasteiger partial charge in [-0.15, -0.1) is 0 Å². The van der Waals surface area contributed by atoms with Crippen molar-refractivity contribution in [1.82, 2.24) is 20.5 Å². The number of likely N-dealkylation sites (tertiary alicyclic amines) is 1. The van der Waals surface area contributed by atoms with Crippen LogP contribution in [0.4, 0.5) is 4.79 Å². The number of aliphatic hydroxyl groups is 1. The van der Waals surface area contributed by atoms with Crippen LogP contribution < -0.4 is 10.6 Å². The van der Waals surface area contributed by atoms with E-state index < -0.39 is 23.8 Å². The zero-order chi connectivity index (χ0) is 25.6. The minimum Gasteiger partial charge on any atom is -0.444 e. The number of amides is 2. The third-order valence-corrected chi connectivity index (χ3v) is 5.98. The van der Waals surface area contributed by atoms with Crippen LogP contribution in [-0.4, -0.2) is 63.9 Å². The van der Waals surface area contributed by atoms with Gasteiger partial charge in [0.1, 0.15) is 11.6 Å². The minimum atomic E-state index is -0.724. The van der Waals surface area contributed by atoms with E-state index in [1.807, 2.05) is 44.2 Å². The first-order chi connectivity index (χ1) is 16.5. The van der Waals surface area contributed by atoms with Gasteiger partial charge in [-0.25, -0.2) is 4.79 Å². The zero-order valence-electron chi connectivity index (χ0n) is 21.6. The third kappa shape index (κ3) is 8.47. The van der Waals surface area contributed by atoms with E-state index in [4.69, 9.17) is 9.72 Å². The Labute approximate surface area is 208 Å². The third-order valence-electron chi connectivity index (χ3n) is 5.98. The summed E-state index contributed by atoms with van der Waals surface area (Å²) in [7, 11) is 0. The molecular weight excluding hydrogens is 444 g/mol. The highest BCUT2D eigenvalue weighted by Crippen LogP contribution is 2.18. The van der Waals surface area contributed by atoms with Crippen LogP contribution in [0.3, 0.4) is 0 Å². The Balaban J connectivity index is 1.59. The lowest BCUT2D eigenvalue weighted by Gasteiger charge is -2.28. The number of aromatic nitrogens is 1. The summed E-state index contributed by atoms with van der Waals surface area (Å²) in [6.07, 6.45) is 0.643. The van der Waals surface area contributed by atoms with Crippen molar-refractivity contribution in [3.05, 3.63) is 42.1 Å². The van der Waals surface area contributed by atoms with Gasteiger partial charge in [0.2, 0.25) is 5.91 Å². The monoisotopic (exact) mass is 484 g/mol. The predicted octanol–water partition coefficient (Wildman–Crippen LogP) is 3.62. The molecule has 0 aliphatic carbocycles. The van der Waals surface area contributed by atoms with Gasteiger partial charge in [0.05, 0.1) is 23.4 Å². The summed E-state index contributed by atoms with van der Waals surface area (Å²) in [5, 5.41) is 17.7. The first kappa shape index (κ1) is 26.9. The molecule has 2 heterocycles. The number of benzene rings is 1. The standard InChI is InChI=1S/C27H40N4O4/c1-18(2)15-23(30-26(34)35-27(3,4)5)25(33)29-22-11-8-14-31(17-24(22)32)16-20-13-12-19-9-6-7-10-21(19)28-20/h6-7,9-10,12-13,18,22-24,32H,8,11,14-17H2,1-5H3,(H,29,33)(H,30,34)/t22?,23-,24?/m0/s1. The fourth-order valence-corrected chi connectivity index (χ4v) is 4.38. The average molecular weight is 485 g/mol. The molecule has 1 aromatic heterocycles. The van der Waals surface area contributed by atoms with Gasteiger partial charge in [0.15, 0.2) is 0 Å². The molecule has 35 heavy (non-hydrogen) atoms. The first-order valence-electron chi connectivity index (χ1n) is 12.5. The Hall–Kier alpha value is -2.71. The first-order valence-corrected chi connectivity index (χ1v) is 12.5. The van der Waals surface area contributed by atoms with E-state index in [-0.39, 0.29) is 17.9 Å². The molecule has 3 N–H and O–H groups in total. The molecule has 3 atom stereocenters. The summed E-state index contributed by atoms with van der Waals surface area (Å²) < 4.78 is 5.34. The van der Waals surface area contributed by atoms with Gasteiger partial charge in [-0.1, -0.05) is 38.1 Å². The number of carbonyl (C=O) groups excluding carboxylic acids is 2. The van der Waals surface area contributed by atoms with Gasteiger partial charge in [0, 0.05) is 18.5 Å². The molecule has 1 aromatic carbocycles. The summed E-state index contributed by atoms with van der Waals surface area (Å²) in [6.45, 7) is 11.2. The van der Waals surface area contributed by atoms with Crippen LogP contribution >= 0.6 is 0 Å². The van der Waals surface area contributed by atoms with Crippen molar-refractivity contribution in [2.24, 2.45) is 5.92 Å². The molecule has 2 aromatic rings. The van der Waals surface area contributed by atoms with Gasteiger partial charge in [-0.2, -0.15) is 0 Å². The van der Waals surface area contributed by atoms with Crippen LogP contribution in [0, 0.1) is 5.92 Å². The second-order valence-corrected chi connectivity index (χ2v) is 10.9. The maximum atomic E-state index is 13.1. The van der Waals surface area contributed by atoms with E-state index in [0.717, 1.165) is 29.6 Å². The second-order valence-electron chi connectivity index (χ2n) is 10.9. The SMILES string of the molecule is CC(C)C[C@H](NC(=O)OC(C)(C)C)C(=O)NC1CCCN(Cc2ccc3ccccc3n2)CC1O. The Bertz CT molecular complexity index is 1000. The highest BCUT2D eigenvalue weighted by Gasteiger charge is 2.31. The zero-order valence-corrected chi connectivity index (χ0v) is 21.6. The van der Waals surface area contributed by atoms with Crippen molar-refractivity contribution >= 4 is 22.9 Å². The molecule has 0 radical (unpaired) electrons. The summed E-state index contributed by atoms with van der Waals surface area (Å²) >= 11 is 0. The van der Waals surface area contributed by atoms with E-state index in [0.29, 0.717) is 25.9 Å². The molecule has 192 valence electrons. The number of carbonyl (C=O) groups is 2. The quantitative estimate of drug-likeness (QED) is 0.555. The molecule has 1 aliphatic heterocycles. The van der Waals surface area contributed by atoms with Gasteiger partial charge in [-0.05, 0) is 64.6 Å². The summed E-state index contributed by atoms with van der Waals surface area (Å²) in [6, 6.07) is 11.0. The van der Waals surface area contributed by atoms with E-state index >= 15 is 0 Å². The van der Waals surface area contributed by atoms with Gasteiger partial charge >= 0.3 is 6.09 Å². The molecule has 0 spiro atoms. The number of fused-ring (bicyclic) bond motifs is 1. The van der Waals surface area contributed by atoms with Crippen LogP contribution in [0.15, 0.2) is 36.4 Å².